The molecule has 0 atom stereocenters. The number of aromatic nitrogens is 4. The summed E-state index contributed by atoms with van der Waals surface area (Å²) in [6, 6.07) is 3.90. The van der Waals surface area contributed by atoms with Crippen molar-refractivity contribution in [1.29, 1.82) is 0 Å². The van der Waals surface area contributed by atoms with Crippen molar-refractivity contribution in [3.8, 4) is 10.6 Å². The van der Waals surface area contributed by atoms with Crippen LogP contribution in [0.25, 0.3) is 21.5 Å². The van der Waals surface area contributed by atoms with E-state index >= 15 is 0 Å². The molecule has 0 spiro atoms. The molecule has 0 bridgehead atoms. The maximum absolute atomic E-state index is 13.1. The molecular formula is C19H22N4O3S. The molecule has 0 amide bonds. The zero-order valence-electron chi connectivity index (χ0n) is 15.8. The SMILES string of the molecule is CCOC(=O)/C=C/Cn1nc(-c2cccs2)c2cnn(C(C)(C)C)c2c1=O. The van der Waals surface area contributed by atoms with E-state index in [2.05, 4.69) is 10.2 Å². The molecule has 0 saturated heterocycles. The van der Waals surface area contributed by atoms with Crippen LogP contribution in [0.3, 0.4) is 0 Å². The summed E-state index contributed by atoms with van der Waals surface area (Å²) in [7, 11) is 0. The first-order chi connectivity index (χ1) is 12.8. The average molecular weight is 386 g/mol. The highest BCUT2D eigenvalue weighted by Crippen LogP contribution is 2.30. The van der Waals surface area contributed by atoms with E-state index in [0.29, 0.717) is 17.8 Å². The molecular weight excluding hydrogens is 364 g/mol. The fourth-order valence-corrected chi connectivity index (χ4v) is 3.46. The molecule has 0 aromatic carbocycles. The molecule has 142 valence electrons. The number of hydrogen-bond donors (Lipinski definition) is 0. The van der Waals surface area contributed by atoms with Gasteiger partial charge >= 0.3 is 5.97 Å². The molecule has 0 fully saturated rings. The summed E-state index contributed by atoms with van der Waals surface area (Å²) in [5.41, 5.74) is 0.615. The molecule has 0 unspecified atom stereocenters. The van der Waals surface area contributed by atoms with Crippen LogP contribution in [0, 0.1) is 0 Å². The Labute approximate surface area is 160 Å². The molecule has 0 aliphatic carbocycles. The smallest absolute Gasteiger partial charge is 0.330 e. The minimum absolute atomic E-state index is 0.168. The van der Waals surface area contributed by atoms with Crippen LogP contribution in [0.4, 0.5) is 0 Å². The maximum Gasteiger partial charge on any atom is 0.330 e. The molecule has 0 saturated carbocycles. The molecule has 8 heteroatoms. The first-order valence-corrected chi connectivity index (χ1v) is 9.57. The normalized spacial score (nSPS) is 12.1. The predicted octanol–water partition coefficient (Wildman–Crippen LogP) is 3.20. The van der Waals surface area contributed by atoms with Crippen LogP contribution in [-0.4, -0.2) is 32.1 Å². The number of fused-ring (bicyclic) bond motifs is 1. The van der Waals surface area contributed by atoms with E-state index in [1.807, 2.05) is 38.3 Å². The summed E-state index contributed by atoms with van der Waals surface area (Å²) in [6.45, 7) is 8.20. The third-order valence-electron chi connectivity index (χ3n) is 3.89. The Balaban J connectivity index is 2.15. The lowest BCUT2D eigenvalue weighted by atomic mass is 10.1. The Kier molecular flexibility index (Phi) is 5.27. The molecule has 7 nitrogen and oxygen atoms in total. The number of hydrogen-bond acceptors (Lipinski definition) is 6. The van der Waals surface area contributed by atoms with E-state index in [0.717, 1.165) is 10.3 Å². The van der Waals surface area contributed by atoms with E-state index in [4.69, 9.17) is 4.74 Å². The summed E-state index contributed by atoms with van der Waals surface area (Å²) < 4.78 is 7.96. The van der Waals surface area contributed by atoms with Crippen molar-refractivity contribution >= 4 is 28.2 Å². The Hall–Kier alpha value is -2.74. The Morgan fingerprint density at radius 3 is 2.78 bits per heavy atom. The van der Waals surface area contributed by atoms with E-state index < -0.39 is 5.97 Å². The first kappa shape index (κ1) is 19.0. The molecule has 3 rings (SSSR count). The number of carbonyl (C=O) groups excluding carboxylic acids is 1. The average Bonchev–Trinajstić information content (AvgIpc) is 3.26. The van der Waals surface area contributed by atoms with Crippen molar-refractivity contribution < 1.29 is 9.53 Å². The fourth-order valence-electron chi connectivity index (χ4n) is 2.74. The number of esters is 1. The van der Waals surface area contributed by atoms with Gasteiger partial charge in [0.2, 0.25) is 0 Å². The summed E-state index contributed by atoms with van der Waals surface area (Å²) in [5.74, 6) is -0.440. The monoisotopic (exact) mass is 386 g/mol. The molecule has 0 radical (unpaired) electrons. The topological polar surface area (TPSA) is 79.0 Å². The van der Waals surface area contributed by atoms with E-state index in [-0.39, 0.29) is 17.6 Å². The summed E-state index contributed by atoms with van der Waals surface area (Å²) in [5, 5.41) is 11.7. The van der Waals surface area contributed by atoms with Gasteiger partial charge < -0.3 is 4.74 Å². The van der Waals surface area contributed by atoms with Gasteiger partial charge in [-0.1, -0.05) is 12.1 Å². The van der Waals surface area contributed by atoms with Crippen molar-refractivity contribution in [3.05, 3.63) is 46.2 Å². The van der Waals surface area contributed by atoms with Gasteiger partial charge in [0, 0.05) is 6.08 Å². The van der Waals surface area contributed by atoms with Gasteiger partial charge in [0.05, 0.1) is 35.2 Å². The van der Waals surface area contributed by atoms with Gasteiger partial charge in [0.25, 0.3) is 5.56 Å². The molecule has 3 heterocycles. The third-order valence-corrected chi connectivity index (χ3v) is 4.77. The minimum Gasteiger partial charge on any atom is -0.463 e. The van der Waals surface area contributed by atoms with Crippen LogP contribution >= 0.6 is 11.3 Å². The highest BCUT2D eigenvalue weighted by atomic mass is 32.1. The Morgan fingerprint density at radius 2 is 2.15 bits per heavy atom. The van der Waals surface area contributed by atoms with Gasteiger partial charge in [-0.15, -0.1) is 11.3 Å². The highest BCUT2D eigenvalue weighted by Gasteiger charge is 2.23. The lowest BCUT2D eigenvalue weighted by molar-refractivity contribution is -0.137. The lowest BCUT2D eigenvalue weighted by Gasteiger charge is -2.20. The number of allylic oxidation sites excluding steroid dienone is 1. The van der Waals surface area contributed by atoms with Gasteiger partial charge in [0.1, 0.15) is 11.2 Å². The van der Waals surface area contributed by atoms with Crippen LogP contribution in [0.5, 0.6) is 0 Å². The number of nitrogens with zero attached hydrogens (tertiary/aromatic N) is 4. The molecule has 0 aliphatic rings. The second-order valence-corrected chi connectivity index (χ2v) is 7.90. The standard InChI is InChI=1S/C19H22N4O3S/c1-5-26-15(24)9-6-10-22-18(25)17-13(12-20-23(17)19(2,3)4)16(21-22)14-8-7-11-27-14/h6-9,11-12H,5,10H2,1-4H3/b9-6+. The van der Waals surface area contributed by atoms with Gasteiger partial charge in [-0.05, 0) is 39.1 Å². The van der Waals surface area contributed by atoms with E-state index in [9.17, 15) is 9.59 Å². The molecule has 0 N–H and O–H groups in total. The number of rotatable bonds is 5. The van der Waals surface area contributed by atoms with Crippen molar-refractivity contribution in [2.75, 3.05) is 6.61 Å². The maximum atomic E-state index is 13.1. The van der Waals surface area contributed by atoms with E-state index in [1.54, 1.807) is 35.2 Å². The number of carbonyl (C=O) groups is 1. The van der Waals surface area contributed by atoms with Crippen LogP contribution in [0.15, 0.2) is 40.7 Å². The van der Waals surface area contributed by atoms with Gasteiger partial charge in [-0.3, -0.25) is 9.48 Å². The fraction of sp³-hybridized carbons (Fsp3) is 0.368. The molecule has 3 aromatic heterocycles. The van der Waals surface area contributed by atoms with Crippen LogP contribution in [-0.2, 0) is 21.6 Å². The van der Waals surface area contributed by atoms with Gasteiger partial charge in [-0.25, -0.2) is 9.48 Å². The molecule has 27 heavy (non-hydrogen) atoms. The van der Waals surface area contributed by atoms with Crippen molar-refractivity contribution in [2.45, 2.75) is 39.8 Å². The minimum atomic E-state index is -0.440. The van der Waals surface area contributed by atoms with Gasteiger partial charge in [-0.2, -0.15) is 10.2 Å². The van der Waals surface area contributed by atoms with Crippen molar-refractivity contribution in [2.24, 2.45) is 0 Å². The first-order valence-electron chi connectivity index (χ1n) is 8.69. The van der Waals surface area contributed by atoms with E-state index in [1.165, 1.54) is 10.8 Å². The number of thiophene rings is 1. The quantitative estimate of drug-likeness (QED) is 0.497. The molecule has 3 aromatic rings. The van der Waals surface area contributed by atoms with Gasteiger partial charge in [0.15, 0.2) is 0 Å². The van der Waals surface area contributed by atoms with Crippen LogP contribution < -0.4 is 5.56 Å². The van der Waals surface area contributed by atoms with Crippen LogP contribution in [0.2, 0.25) is 0 Å². The molecule has 0 aliphatic heterocycles. The lowest BCUT2D eigenvalue weighted by Crippen LogP contribution is -2.30. The van der Waals surface area contributed by atoms with Crippen molar-refractivity contribution in [3.63, 3.8) is 0 Å². The number of ether oxygens (including phenoxy) is 1. The summed E-state index contributed by atoms with van der Waals surface area (Å²) >= 11 is 1.55. The second kappa shape index (κ2) is 7.48. The Bertz CT molecular complexity index is 1040. The largest absolute Gasteiger partial charge is 0.463 e. The van der Waals surface area contributed by atoms with Crippen molar-refractivity contribution in [1.82, 2.24) is 19.6 Å². The van der Waals surface area contributed by atoms with Crippen LogP contribution in [0.1, 0.15) is 27.7 Å². The summed E-state index contributed by atoms with van der Waals surface area (Å²) in [4.78, 5) is 25.5. The highest BCUT2D eigenvalue weighted by molar-refractivity contribution is 7.13. The second-order valence-electron chi connectivity index (χ2n) is 6.96. The Morgan fingerprint density at radius 1 is 1.37 bits per heavy atom. The zero-order valence-corrected chi connectivity index (χ0v) is 16.6. The zero-order chi connectivity index (χ0) is 19.6. The predicted molar refractivity (Wildman–Crippen MR) is 106 cm³/mol. The summed E-state index contributed by atoms with van der Waals surface area (Å²) in [6.07, 6.45) is 4.59. The third kappa shape index (κ3) is 3.85.